The van der Waals surface area contributed by atoms with Crippen molar-refractivity contribution >= 4 is 17.0 Å². The minimum atomic E-state index is -0.0812. The third-order valence-electron chi connectivity index (χ3n) is 9.16. The topological polar surface area (TPSA) is 15.6 Å². The molecule has 0 heterocycles. The van der Waals surface area contributed by atoms with Gasteiger partial charge in [-0.2, -0.15) is 0 Å². The first kappa shape index (κ1) is 29.4. The molecule has 4 aromatic carbocycles. The highest BCUT2D eigenvalue weighted by atomic mass is 15.1. The van der Waals surface area contributed by atoms with Gasteiger partial charge >= 0.3 is 0 Å². The maximum absolute atomic E-state index is 5.10. The van der Waals surface area contributed by atoms with Crippen molar-refractivity contribution in [1.82, 2.24) is 0 Å². The molecule has 0 amide bonds. The lowest BCUT2D eigenvalue weighted by Gasteiger charge is -2.38. The lowest BCUT2D eigenvalue weighted by Crippen LogP contribution is -2.27. The summed E-state index contributed by atoms with van der Waals surface area (Å²) in [5, 5.41) is 0. The van der Waals surface area contributed by atoms with E-state index in [0.29, 0.717) is 6.54 Å². The first-order chi connectivity index (χ1) is 21.4. The Morgan fingerprint density at radius 1 is 0.795 bits per heavy atom. The monoisotopic (exact) mass is 574 g/mol. The molecule has 0 N–H and O–H groups in total. The highest BCUT2D eigenvalue weighted by molar-refractivity contribution is 6.13. The van der Waals surface area contributed by atoms with Gasteiger partial charge in [-0.15, -0.1) is 0 Å². The second kappa shape index (κ2) is 12.9. The molecule has 2 aliphatic carbocycles. The summed E-state index contributed by atoms with van der Waals surface area (Å²) < 4.78 is 0. The molecular formula is C42H42N2. The number of anilines is 1. The van der Waals surface area contributed by atoms with Crippen LogP contribution in [0.2, 0.25) is 0 Å². The maximum atomic E-state index is 5.10. The summed E-state index contributed by atoms with van der Waals surface area (Å²) in [4.78, 5) is 7.50. The number of rotatable bonds is 8. The van der Waals surface area contributed by atoms with E-state index in [2.05, 4.69) is 166 Å². The molecule has 2 nitrogen and oxygen atoms in total. The van der Waals surface area contributed by atoms with Gasteiger partial charge in [-0.05, 0) is 78.7 Å². The highest BCUT2D eigenvalue weighted by Gasteiger charge is 2.33. The minimum Gasteiger partial charge on any atom is -0.348 e. The van der Waals surface area contributed by atoms with Gasteiger partial charge in [0.2, 0.25) is 0 Å². The number of nitrogens with zero attached hydrogens (tertiary/aromatic N) is 2. The zero-order chi connectivity index (χ0) is 30.5. The van der Waals surface area contributed by atoms with Crippen LogP contribution < -0.4 is 4.90 Å². The zero-order valence-electron chi connectivity index (χ0n) is 26.4. The van der Waals surface area contributed by atoms with Gasteiger partial charge < -0.3 is 4.90 Å². The van der Waals surface area contributed by atoms with Crippen molar-refractivity contribution in [2.45, 2.75) is 46.6 Å². The largest absolute Gasteiger partial charge is 0.348 e. The number of aliphatic imine (C=N–C) groups is 1. The van der Waals surface area contributed by atoms with E-state index in [1.165, 1.54) is 44.8 Å². The molecule has 2 heteroatoms. The number of hydrogen-bond acceptors (Lipinski definition) is 2. The predicted octanol–water partition coefficient (Wildman–Crippen LogP) is 10.5. The lowest BCUT2D eigenvalue weighted by atomic mass is 9.70. The van der Waals surface area contributed by atoms with Crippen molar-refractivity contribution in [3.05, 3.63) is 178 Å². The second-order valence-corrected chi connectivity index (χ2v) is 12.3. The summed E-state index contributed by atoms with van der Waals surface area (Å²) in [6.45, 7) is 7.53. The van der Waals surface area contributed by atoms with E-state index >= 15 is 0 Å². The van der Waals surface area contributed by atoms with E-state index in [0.717, 1.165) is 36.1 Å². The van der Waals surface area contributed by atoms with E-state index in [1.54, 1.807) is 0 Å². The quantitative estimate of drug-likeness (QED) is 0.191. The van der Waals surface area contributed by atoms with E-state index < -0.39 is 0 Å². The fourth-order valence-electron chi connectivity index (χ4n) is 6.54. The number of hydrogen-bond donors (Lipinski definition) is 0. The van der Waals surface area contributed by atoms with Gasteiger partial charge in [-0.25, -0.2) is 0 Å². The Kier molecular flexibility index (Phi) is 8.61. The summed E-state index contributed by atoms with van der Waals surface area (Å²) >= 11 is 0. The summed E-state index contributed by atoms with van der Waals surface area (Å²) in [6.07, 6.45) is 12.8. The predicted molar refractivity (Wildman–Crippen MR) is 188 cm³/mol. The third kappa shape index (κ3) is 6.17. The average Bonchev–Trinajstić information content (AvgIpc) is 3.07. The van der Waals surface area contributed by atoms with Crippen molar-refractivity contribution in [2.24, 2.45) is 10.4 Å². The van der Waals surface area contributed by atoms with Crippen LogP contribution in [-0.2, 0) is 6.54 Å². The molecule has 44 heavy (non-hydrogen) atoms. The summed E-state index contributed by atoms with van der Waals surface area (Å²) in [5.74, 6) is 0. The van der Waals surface area contributed by atoms with E-state index in [9.17, 15) is 0 Å². The second-order valence-electron chi connectivity index (χ2n) is 12.3. The lowest BCUT2D eigenvalue weighted by molar-refractivity contribution is 0.517. The van der Waals surface area contributed by atoms with Crippen molar-refractivity contribution in [2.75, 3.05) is 11.9 Å². The molecule has 4 aromatic rings. The fourth-order valence-corrected chi connectivity index (χ4v) is 6.54. The molecule has 0 saturated carbocycles. The Balaban J connectivity index is 1.33. The van der Waals surface area contributed by atoms with E-state index in [-0.39, 0.29) is 5.41 Å². The van der Waals surface area contributed by atoms with Crippen LogP contribution >= 0.6 is 0 Å². The van der Waals surface area contributed by atoms with Crippen molar-refractivity contribution < 1.29 is 0 Å². The minimum absolute atomic E-state index is 0.0812. The van der Waals surface area contributed by atoms with Crippen LogP contribution in [0.5, 0.6) is 0 Å². The van der Waals surface area contributed by atoms with Crippen LogP contribution in [0.1, 0.15) is 60.9 Å². The van der Waals surface area contributed by atoms with Crippen molar-refractivity contribution in [1.29, 1.82) is 0 Å². The van der Waals surface area contributed by atoms with Crippen LogP contribution in [0.3, 0.4) is 0 Å². The van der Waals surface area contributed by atoms with Crippen LogP contribution in [-0.4, -0.2) is 12.8 Å². The average molecular weight is 575 g/mol. The van der Waals surface area contributed by atoms with Crippen molar-refractivity contribution in [3.8, 4) is 0 Å². The first-order valence-electron chi connectivity index (χ1n) is 15.8. The molecule has 2 aliphatic rings. The third-order valence-corrected chi connectivity index (χ3v) is 9.16. The molecule has 0 saturated heterocycles. The van der Waals surface area contributed by atoms with Gasteiger partial charge in [-0.3, -0.25) is 4.99 Å². The molecule has 0 spiro atoms. The standard InChI is InChI=1S/C42H42N2/c1-31-15-11-12-20-37(31)38-29-42(3,28-27-32(38)2)39-21-13-14-22-40(39)44(4)36-25-23-35(24-26-36)41(34-18-9-6-10-19-34)43-30-33-16-7-5-8-17-33/h5-13,15-21,23-27,29H,14,22,28,30H2,1-4H3. The van der Waals surface area contributed by atoms with Crippen LogP contribution in [0.15, 0.2) is 155 Å². The van der Waals surface area contributed by atoms with Crippen LogP contribution in [0, 0.1) is 12.3 Å². The Labute approximate surface area is 263 Å². The van der Waals surface area contributed by atoms with Gasteiger partial charge in [0.1, 0.15) is 0 Å². The molecule has 0 aromatic heterocycles. The normalized spacial score (nSPS) is 18.6. The van der Waals surface area contributed by atoms with E-state index in [4.69, 9.17) is 4.99 Å². The highest BCUT2D eigenvalue weighted by Crippen LogP contribution is 2.46. The number of allylic oxidation sites excluding steroid dienone is 8. The zero-order valence-corrected chi connectivity index (χ0v) is 26.4. The van der Waals surface area contributed by atoms with Crippen molar-refractivity contribution in [3.63, 3.8) is 0 Å². The van der Waals surface area contributed by atoms with Gasteiger partial charge in [0.25, 0.3) is 0 Å². The smallest absolute Gasteiger partial charge is 0.0723 e. The number of aryl methyl sites for hydroxylation is 1. The van der Waals surface area contributed by atoms with Crippen LogP contribution in [0.4, 0.5) is 5.69 Å². The maximum Gasteiger partial charge on any atom is 0.0723 e. The first-order valence-corrected chi connectivity index (χ1v) is 15.8. The Bertz CT molecular complexity index is 1770. The Morgan fingerprint density at radius 3 is 2.18 bits per heavy atom. The Hall–Kier alpha value is -4.69. The molecule has 1 atom stereocenters. The summed E-state index contributed by atoms with van der Waals surface area (Å²) in [5.41, 5.74) is 13.8. The molecule has 220 valence electrons. The van der Waals surface area contributed by atoms with Gasteiger partial charge in [0.15, 0.2) is 0 Å². The van der Waals surface area contributed by atoms with Gasteiger partial charge in [-0.1, -0.05) is 128 Å². The number of benzene rings is 4. The molecule has 0 bridgehead atoms. The molecule has 1 unspecified atom stereocenters. The SMILES string of the molecule is CC1=CCC(C)(C2=C(N(C)c3ccc(C(=NCc4ccccc4)c4ccccc4)cc3)CCC=C2)C=C1c1ccccc1C. The fraction of sp³-hybridized carbons (Fsp3) is 0.214. The summed E-state index contributed by atoms with van der Waals surface area (Å²) in [7, 11) is 2.23. The summed E-state index contributed by atoms with van der Waals surface area (Å²) in [6, 6.07) is 38.7. The van der Waals surface area contributed by atoms with Gasteiger partial charge in [0, 0.05) is 35.0 Å². The molecule has 0 fully saturated rings. The molecule has 0 aliphatic heterocycles. The van der Waals surface area contributed by atoms with Gasteiger partial charge in [0.05, 0.1) is 12.3 Å². The van der Waals surface area contributed by atoms with E-state index in [1.807, 2.05) is 0 Å². The van der Waals surface area contributed by atoms with Crippen LogP contribution in [0.25, 0.3) is 5.57 Å². The molecular weight excluding hydrogens is 532 g/mol. The Morgan fingerprint density at radius 2 is 1.45 bits per heavy atom. The molecule has 0 radical (unpaired) electrons. The molecule has 6 rings (SSSR count).